The third kappa shape index (κ3) is 15.3. The molecule has 13 nitrogen and oxygen atoms in total. The molecule has 0 spiro atoms. The first-order valence-corrected chi connectivity index (χ1v) is 16.2. The Morgan fingerprint density at radius 2 is 1.57 bits per heavy atom. The van der Waals surface area contributed by atoms with Gasteiger partial charge in [0.2, 0.25) is 5.91 Å². The second-order valence-corrected chi connectivity index (χ2v) is 11.5. The monoisotopic (exact) mass is 625 g/mol. The van der Waals surface area contributed by atoms with Crippen molar-refractivity contribution in [1.29, 1.82) is 0 Å². The van der Waals surface area contributed by atoms with Gasteiger partial charge in [-0.05, 0) is 38.5 Å². The van der Waals surface area contributed by atoms with Gasteiger partial charge < -0.3 is 40.3 Å². The van der Waals surface area contributed by atoms with Crippen molar-refractivity contribution in [2.45, 2.75) is 133 Å². The quantitative estimate of drug-likeness (QED) is 0.0515. The molecule has 0 aromatic rings. The Hall–Kier alpha value is -1.46. The van der Waals surface area contributed by atoms with Crippen LogP contribution in [0, 0.1) is 0 Å². The summed E-state index contributed by atoms with van der Waals surface area (Å²) in [6, 6.07) is -1.13. The lowest BCUT2D eigenvalue weighted by Gasteiger charge is -2.41. The van der Waals surface area contributed by atoms with E-state index < -0.39 is 78.5 Å². The molecular weight excluding hydrogens is 574 g/mol. The molecule has 0 saturated carbocycles. The van der Waals surface area contributed by atoms with Crippen molar-refractivity contribution in [2.24, 2.45) is 0 Å². The minimum Gasteiger partial charge on any atom is -0.394 e. The highest BCUT2D eigenvalue weighted by molar-refractivity contribution is 7.80. The molecular formula is C28H51NO12S. The SMILES string of the molecule is CCCCC/C=C/C(O)C(COC1OC(CO)C(O)C(OS(=O)(=O)O)C1O)NC(=O)C(O)CC/C=C\CCCCCC. The van der Waals surface area contributed by atoms with E-state index in [4.69, 9.17) is 14.0 Å². The first-order valence-electron chi connectivity index (χ1n) is 14.8. The topological polar surface area (TPSA) is 212 Å². The molecule has 1 saturated heterocycles. The van der Waals surface area contributed by atoms with Crippen molar-refractivity contribution in [3.63, 3.8) is 0 Å². The van der Waals surface area contributed by atoms with Crippen molar-refractivity contribution in [2.75, 3.05) is 13.2 Å². The molecule has 14 heteroatoms. The summed E-state index contributed by atoms with van der Waals surface area (Å²) in [5.41, 5.74) is 0. The molecule has 246 valence electrons. The van der Waals surface area contributed by atoms with Gasteiger partial charge in [-0.2, -0.15) is 8.42 Å². The van der Waals surface area contributed by atoms with Crippen LogP contribution in [0.2, 0.25) is 0 Å². The fourth-order valence-corrected chi connectivity index (χ4v) is 4.85. The number of unbranched alkanes of at least 4 members (excludes halogenated alkanes) is 7. The van der Waals surface area contributed by atoms with Gasteiger partial charge in [0.25, 0.3) is 0 Å². The van der Waals surface area contributed by atoms with Crippen molar-refractivity contribution in [1.82, 2.24) is 5.32 Å². The molecule has 8 unspecified atom stereocenters. The molecule has 7 N–H and O–H groups in total. The van der Waals surface area contributed by atoms with Gasteiger partial charge in [0, 0.05) is 0 Å². The number of hydrogen-bond acceptors (Lipinski definition) is 11. The Morgan fingerprint density at radius 1 is 0.952 bits per heavy atom. The predicted molar refractivity (Wildman–Crippen MR) is 154 cm³/mol. The number of aliphatic hydroxyl groups is 5. The number of amides is 1. The van der Waals surface area contributed by atoms with E-state index in [0.29, 0.717) is 12.8 Å². The van der Waals surface area contributed by atoms with E-state index in [1.54, 1.807) is 6.08 Å². The van der Waals surface area contributed by atoms with Gasteiger partial charge in [-0.3, -0.25) is 9.35 Å². The van der Waals surface area contributed by atoms with Gasteiger partial charge in [0.1, 0.15) is 30.5 Å². The summed E-state index contributed by atoms with van der Waals surface area (Å²) in [6.45, 7) is 2.92. The summed E-state index contributed by atoms with van der Waals surface area (Å²) in [6.07, 6.45) is 5.46. The summed E-state index contributed by atoms with van der Waals surface area (Å²) in [5, 5.41) is 53.9. The van der Waals surface area contributed by atoms with E-state index >= 15 is 0 Å². The van der Waals surface area contributed by atoms with Crippen LogP contribution in [0.5, 0.6) is 0 Å². The van der Waals surface area contributed by atoms with Crippen LogP contribution in [0.15, 0.2) is 24.3 Å². The number of carbonyl (C=O) groups excluding carboxylic acids is 1. The van der Waals surface area contributed by atoms with Crippen LogP contribution < -0.4 is 5.32 Å². The number of rotatable bonds is 22. The molecule has 0 radical (unpaired) electrons. The van der Waals surface area contributed by atoms with E-state index in [-0.39, 0.29) is 6.42 Å². The zero-order chi connectivity index (χ0) is 31.5. The first-order chi connectivity index (χ1) is 19.9. The zero-order valence-electron chi connectivity index (χ0n) is 24.7. The smallest absolute Gasteiger partial charge is 0.394 e. The fourth-order valence-electron chi connectivity index (χ4n) is 4.34. The Labute approximate surface area is 249 Å². The van der Waals surface area contributed by atoms with Crippen molar-refractivity contribution >= 4 is 16.3 Å². The maximum Gasteiger partial charge on any atom is 0.397 e. The molecule has 42 heavy (non-hydrogen) atoms. The number of nitrogens with one attached hydrogen (secondary N) is 1. The average Bonchev–Trinajstić information content (AvgIpc) is 2.94. The summed E-state index contributed by atoms with van der Waals surface area (Å²) in [4.78, 5) is 12.7. The zero-order valence-corrected chi connectivity index (χ0v) is 25.5. The number of allylic oxidation sites excluding steroid dienone is 3. The van der Waals surface area contributed by atoms with Crippen LogP contribution in [0.3, 0.4) is 0 Å². The van der Waals surface area contributed by atoms with Crippen molar-refractivity contribution in [3.05, 3.63) is 24.3 Å². The standard InChI is InChI=1S/C28H51NO12S/c1-3-5-7-9-10-11-13-15-17-22(32)27(35)29-20(21(31)16-14-12-8-6-4-2)19-39-28-25(34)26(41-42(36,37)38)24(33)23(18-30)40-28/h11,13-14,16,20-26,28,30-34H,3-10,12,15,17-19H2,1-2H3,(H,29,35)(H,36,37,38)/b13-11-,16-14+. The van der Waals surface area contributed by atoms with Gasteiger partial charge in [-0.1, -0.05) is 70.3 Å². The van der Waals surface area contributed by atoms with Crippen molar-refractivity contribution < 1.29 is 57.0 Å². The molecule has 8 atom stereocenters. The van der Waals surface area contributed by atoms with E-state index in [1.165, 1.54) is 12.5 Å². The maximum atomic E-state index is 12.7. The number of aliphatic hydroxyl groups excluding tert-OH is 5. The van der Waals surface area contributed by atoms with Crippen LogP contribution >= 0.6 is 0 Å². The van der Waals surface area contributed by atoms with Crippen LogP contribution in [0.25, 0.3) is 0 Å². The van der Waals surface area contributed by atoms with Gasteiger partial charge in [0.15, 0.2) is 6.29 Å². The molecule has 0 aromatic heterocycles. The summed E-state index contributed by atoms with van der Waals surface area (Å²) in [7, 11) is -5.10. The molecule has 0 aliphatic carbocycles. The second-order valence-electron chi connectivity index (χ2n) is 10.5. The number of hydrogen-bond donors (Lipinski definition) is 7. The maximum absolute atomic E-state index is 12.7. The predicted octanol–water partition coefficient (Wildman–Crippen LogP) is 1.28. The lowest BCUT2D eigenvalue weighted by molar-refractivity contribution is -0.298. The number of ether oxygens (including phenoxy) is 2. The Morgan fingerprint density at radius 3 is 2.21 bits per heavy atom. The Bertz CT molecular complexity index is 899. The summed E-state index contributed by atoms with van der Waals surface area (Å²) >= 11 is 0. The third-order valence-electron chi connectivity index (χ3n) is 6.84. The summed E-state index contributed by atoms with van der Waals surface area (Å²) in [5.74, 6) is -0.750. The molecule has 1 aliphatic rings. The second kappa shape index (κ2) is 21.3. The van der Waals surface area contributed by atoms with Gasteiger partial charge >= 0.3 is 10.4 Å². The molecule has 1 fully saturated rings. The van der Waals surface area contributed by atoms with Crippen LogP contribution in [0.1, 0.15) is 84.5 Å². The lowest BCUT2D eigenvalue weighted by atomic mass is 9.99. The highest BCUT2D eigenvalue weighted by Crippen LogP contribution is 2.25. The van der Waals surface area contributed by atoms with Crippen LogP contribution in [-0.4, -0.2) is 107 Å². The summed E-state index contributed by atoms with van der Waals surface area (Å²) < 4.78 is 46.7. The minimum absolute atomic E-state index is 0.156. The molecule has 1 rings (SSSR count). The largest absolute Gasteiger partial charge is 0.397 e. The van der Waals surface area contributed by atoms with E-state index in [9.17, 15) is 38.7 Å². The van der Waals surface area contributed by atoms with Crippen LogP contribution in [-0.2, 0) is 28.9 Å². The first kappa shape index (κ1) is 38.6. The van der Waals surface area contributed by atoms with E-state index in [1.807, 2.05) is 12.2 Å². The normalized spacial score (nSPS) is 25.6. The van der Waals surface area contributed by atoms with Gasteiger partial charge in [0.05, 0.1) is 25.4 Å². The van der Waals surface area contributed by atoms with E-state index in [0.717, 1.165) is 44.9 Å². The molecule has 1 amide bonds. The molecule has 1 heterocycles. The molecule has 1 aliphatic heterocycles. The Balaban J connectivity index is 2.86. The highest BCUT2D eigenvalue weighted by atomic mass is 32.3. The fraction of sp³-hybridized carbons (Fsp3) is 0.821. The highest BCUT2D eigenvalue weighted by Gasteiger charge is 2.48. The van der Waals surface area contributed by atoms with Crippen LogP contribution in [0.4, 0.5) is 0 Å². The van der Waals surface area contributed by atoms with Gasteiger partial charge in [-0.15, -0.1) is 0 Å². The molecule has 0 bridgehead atoms. The Kier molecular flexibility index (Phi) is 19.5. The van der Waals surface area contributed by atoms with Gasteiger partial charge in [-0.25, -0.2) is 4.18 Å². The lowest BCUT2D eigenvalue weighted by Crippen LogP contribution is -2.61. The average molecular weight is 626 g/mol. The third-order valence-corrected chi connectivity index (χ3v) is 7.31. The minimum atomic E-state index is -5.10. The number of carbonyl (C=O) groups is 1. The van der Waals surface area contributed by atoms with Crippen molar-refractivity contribution in [3.8, 4) is 0 Å². The molecule has 0 aromatic carbocycles. The van der Waals surface area contributed by atoms with E-state index in [2.05, 4.69) is 23.3 Å².